The second-order valence-corrected chi connectivity index (χ2v) is 3.21. The number of hydrogen-bond donors (Lipinski definition) is 1. The summed E-state index contributed by atoms with van der Waals surface area (Å²) in [4.78, 5) is 11.3. The first kappa shape index (κ1) is 10.8. The number of benzene rings is 1. The number of alkyl halides is 1. The monoisotopic (exact) mass is 228 g/mol. The minimum Gasteiger partial charge on any atom is -0.398 e. The topological polar surface area (TPSA) is 66.9 Å². The van der Waals surface area contributed by atoms with Crippen LogP contribution in [0.2, 0.25) is 5.02 Å². The molecule has 0 aliphatic heterocycles. The summed E-state index contributed by atoms with van der Waals surface area (Å²) in [6.07, 6.45) is 0. The summed E-state index contributed by atoms with van der Waals surface area (Å²) in [5, 5.41) is 8.74. The second-order valence-electron chi connectivity index (χ2n) is 2.56. The zero-order valence-electron chi connectivity index (χ0n) is 7.05. The van der Waals surface area contributed by atoms with Crippen molar-refractivity contribution in [1.29, 1.82) is 5.26 Å². The molecule has 0 bridgehead atoms. The van der Waals surface area contributed by atoms with Crippen LogP contribution >= 0.6 is 23.2 Å². The van der Waals surface area contributed by atoms with Gasteiger partial charge >= 0.3 is 0 Å². The Morgan fingerprint density at radius 2 is 2.21 bits per heavy atom. The molecule has 1 aromatic carbocycles. The van der Waals surface area contributed by atoms with Gasteiger partial charge in [0, 0.05) is 5.69 Å². The van der Waals surface area contributed by atoms with Gasteiger partial charge in [0.15, 0.2) is 5.78 Å². The van der Waals surface area contributed by atoms with E-state index in [1.807, 2.05) is 6.07 Å². The highest BCUT2D eigenvalue weighted by Crippen LogP contribution is 2.26. The lowest BCUT2D eigenvalue weighted by molar-refractivity contribution is 0.102. The number of nitrogens with zero attached hydrogens (tertiary/aromatic N) is 1. The molecule has 0 amide bonds. The van der Waals surface area contributed by atoms with E-state index >= 15 is 0 Å². The van der Waals surface area contributed by atoms with Gasteiger partial charge in [-0.05, 0) is 12.1 Å². The van der Waals surface area contributed by atoms with E-state index in [1.54, 1.807) is 0 Å². The predicted octanol–water partition coefficient (Wildman–Crippen LogP) is 2.22. The van der Waals surface area contributed by atoms with E-state index in [0.717, 1.165) is 0 Å². The second kappa shape index (κ2) is 4.32. The van der Waals surface area contributed by atoms with Crippen molar-refractivity contribution < 1.29 is 4.79 Å². The summed E-state index contributed by atoms with van der Waals surface area (Å²) in [6, 6.07) is 4.78. The highest BCUT2D eigenvalue weighted by atomic mass is 35.5. The van der Waals surface area contributed by atoms with Crippen molar-refractivity contribution in [2.24, 2.45) is 0 Å². The highest BCUT2D eigenvalue weighted by molar-refractivity contribution is 6.39. The smallest absolute Gasteiger partial charge is 0.181 e. The number of anilines is 1. The van der Waals surface area contributed by atoms with Crippen LogP contribution in [0.5, 0.6) is 0 Å². The van der Waals surface area contributed by atoms with E-state index in [1.165, 1.54) is 12.1 Å². The fourth-order valence-corrected chi connectivity index (χ4v) is 1.48. The van der Waals surface area contributed by atoms with E-state index in [-0.39, 0.29) is 33.5 Å². The molecule has 0 spiro atoms. The quantitative estimate of drug-likeness (QED) is 0.480. The van der Waals surface area contributed by atoms with Crippen molar-refractivity contribution in [2.75, 3.05) is 11.6 Å². The van der Waals surface area contributed by atoms with E-state index in [2.05, 4.69) is 0 Å². The standard InChI is InChI=1S/C9H6Cl2N2O/c10-3-7(14)8-6(13)2-1-5(4-12)9(8)11/h1-2H,3,13H2. The first-order valence-electron chi connectivity index (χ1n) is 3.69. The molecule has 3 nitrogen and oxygen atoms in total. The summed E-state index contributed by atoms with van der Waals surface area (Å²) in [5.74, 6) is -0.593. The van der Waals surface area contributed by atoms with Crippen molar-refractivity contribution in [3.8, 4) is 6.07 Å². The lowest BCUT2D eigenvalue weighted by Gasteiger charge is -2.05. The third-order valence-corrected chi connectivity index (χ3v) is 2.33. The Labute approximate surface area is 91.0 Å². The number of nitrogen functional groups attached to an aromatic ring is 1. The molecule has 0 aromatic heterocycles. The maximum atomic E-state index is 11.3. The van der Waals surface area contributed by atoms with E-state index in [0.29, 0.717) is 0 Å². The predicted molar refractivity (Wildman–Crippen MR) is 55.6 cm³/mol. The van der Waals surface area contributed by atoms with Gasteiger partial charge in [0.25, 0.3) is 0 Å². The summed E-state index contributed by atoms with van der Waals surface area (Å²) < 4.78 is 0. The van der Waals surface area contributed by atoms with Gasteiger partial charge in [-0.1, -0.05) is 11.6 Å². The third kappa shape index (κ3) is 1.82. The zero-order valence-corrected chi connectivity index (χ0v) is 8.56. The van der Waals surface area contributed by atoms with Gasteiger partial charge in [-0.2, -0.15) is 5.26 Å². The molecule has 2 N–H and O–H groups in total. The Hall–Kier alpha value is -1.24. The lowest BCUT2D eigenvalue weighted by Crippen LogP contribution is -2.06. The maximum Gasteiger partial charge on any atom is 0.181 e. The Morgan fingerprint density at radius 1 is 1.57 bits per heavy atom. The van der Waals surface area contributed by atoms with E-state index in [9.17, 15) is 4.79 Å². The van der Waals surface area contributed by atoms with E-state index < -0.39 is 0 Å². The van der Waals surface area contributed by atoms with Crippen molar-refractivity contribution in [2.45, 2.75) is 0 Å². The minimum absolute atomic E-state index is 0.0677. The zero-order chi connectivity index (χ0) is 10.7. The number of Topliss-reactive ketones (excluding diaryl/α,β-unsaturated/α-hetero) is 1. The molecule has 0 atom stereocenters. The first-order chi connectivity index (χ1) is 6.61. The number of carbonyl (C=O) groups is 1. The fraction of sp³-hybridized carbons (Fsp3) is 0.111. The fourth-order valence-electron chi connectivity index (χ4n) is 1.03. The SMILES string of the molecule is N#Cc1ccc(N)c(C(=O)CCl)c1Cl. The lowest BCUT2D eigenvalue weighted by atomic mass is 10.1. The Morgan fingerprint density at radius 3 is 2.71 bits per heavy atom. The molecular formula is C9H6Cl2N2O. The number of carbonyl (C=O) groups excluding carboxylic acids is 1. The van der Waals surface area contributed by atoms with Gasteiger partial charge in [-0.3, -0.25) is 4.79 Å². The van der Waals surface area contributed by atoms with E-state index in [4.69, 9.17) is 34.2 Å². The van der Waals surface area contributed by atoms with Gasteiger partial charge in [0.1, 0.15) is 6.07 Å². The average molecular weight is 229 g/mol. The van der Waals surface area contributed by atoms with Crippen LogP contribution in [0.25, 0.3) is 0 Å². The van der Waals surface area contributed by atoms with Crippen LogP contribution in [-0.2, 0) is 0 Å². The third-order valence-electron chi connectivity index (χ3n) is 1.69. The van der Waals surface area contributed by atoms with Gasteiger partial charge in [0.05, 0.1) is 22.0 Å². The van der Waals surface area contributed by atoms with Crippen molar-refractivity contribution in [1.82, 2.24) is 0 Å². The van der Waals surface area contributed by atoms with Crippen LogP contribution in [0, 0.1) is 11.3 Å². The Balaban J connectivity index is 3.42. The molecule has 0 radical (unpaired) electrons. The van der Waals surface area contributed by atoms with Gasteiger partial charge in [-0.25, -0.2) is 0 Å². The number of nitriles is 1. The summed E-state index contributed by atoms with van der Waals surface area (Å²) in [7, 11) is 0. The number of rotatable bonds is 2. The molecule has 0 fully saturated rings. The number of ketones is 1. The molecule has 0 unspecified atom stereocenters. The molecular weight excluding hydrogens is 223 g/mol. The average Bonchev–Trinajstić information content (AvgIpc) is 2.18. The largest absolute Gasteiger partial charge is 0.398 e. The Kier molecular flexibility index (Phi) is 3.34. The molecule has 1 aromatic rings. The number of hydrogen-bond acceptors (Lipinski definition) is 3. The van der Waals surface area contributed by atoms with Crippen LogP contribution in [0.15, 0.2) is 12.1 Å². The van der Waals surface area contributed by atoms with Crippen LogP contribution < -0.4 is 5.73 Å². The molecule has 0 aliphatic rings. The van der Waals surface area contributed by atoms with Crippen molar-refractivity contribution in [3.63, 3.8) is 0 Å². The maximum absolute atomic E-state index is 11.3. The molecule has 1 rings (SSSR count). The summed E-state index contributed by atoms with van der Waals surface area (Å²) in [6.45, 7) is 0. The molecule has 5 heteroatoms. The van der Waals surface area contributed by atoms with Gasteiger partial charge in [-0.15, -0.1) is 11.6 Å². The highest BCUT2D eigenvalue weighted by Gasteiger charge is 2.15. The molecule has 72 valence electrons. The molecule has 0 aliphatic carbocycles. The van der Waals surface area contributed by atoms with Gasteiger partial charge < -0.3 is 5.73 Å². The number of nitrogens with two attached hydrogens (primary N) is 1. The van der Waals surface area contributed by atoms with Gasteiger partial charge in [0.2, 0.25) is 0 Å². The van der Waals surface area contributed by atoms with Crippen LogP contribution in [-0.4, -0.2) is 11.7 Å². The molecule has 0 heterocycles. The molecule has 0 saturated heterocycles. The van der Waals surface area contributed by atoms with Crippen molar-refractivity contribution in [3.05, 3.63) is 28.3 Å². The normalized spacial score (nSPS) is 9.50. The number of halogens is 2. The Bertz CT molecular complexity index is 424. The summed E-state index contributed by atoms with van der Waals surface area (Å²) >= 11 is 11.2. The van der Waals surface area contributed by atoms with Crippen molar-refractivity contribution >= 4 is 34.7 Å². The molecule has 14 heavy (non-hydrogen) atoms. The minimum atomic E-state index is -0.383. The van der Waals surface area contributed by atoms with Crippen LogP contribution in [0.4, 0.5) is 5.69 Å². The summed E-state index contributed by atoms with van der Waals surface area (Å²) in [5.41, 5.74) is 6.13. The first-order valence-corrected chi connectivity index (χ1v) is 4.60. The van der Waals surface area contributed by atoms with Crippen LogP contribution in [0.1, 0.15) is 15.9 Å². The molecule has 0 saturated carbocycles. The van der Waals surface area contributed by atoms with Crippen LogP contribution in [0.3, 0.4) is 0 Å².